The second kappa shape index (κ2) is 4.16. The molecule has 6 heteroatoms. The summed E-state index contributed by atoms with van der Waals surface area (Å²) in [6.45, 7) is 0. The zero-order chi connectivity index (χ0) is 8.48. The number of hydrogen-bond acceptors (Lipinski definition) is 2. The fourth-order valence-corrected chi connectivity index (χ4v) is 1.09. The average Bonchev–Trinajstić information content (AvgIpc) is 1.86. The molecule has 0 aliphatic heterocycles. The first-order valence-electron chi connectivity index (χ1n) is 2.73. The Hall–Kier alpha value is -0.200. The van der Waals surface area contributed by atoms with Gasteiger partial charge in [-0.3, -0.25) is 4.55 Å². The predicted molar refractivity (Wildman–Crippen MR) is 36.2 cm³/mol. The van der Waals surface area contributed by atoms with E-state index >= 15 is 0 Å². The van der Waals surface area contributed by atoms with E-state index in [0.717, 1.165) is 24.3 Å². The average molecular weight is 284 g/mol. The topological polar surface area (TPSA) is 54.4 Å². The number of hydrogen-bond donors (Lipinski definition) is 1. The smallest absolute Gasteiger partial charge is 0.282 e. The third kappa shape index (κ3) is 3.04. The second-order valence-electron chi connectivity index (χ2n) is 1.93. The first-order chi connectivity index (χ1) is 5.00. The van der Waals surface area contributed by atoms with Gasteiger partial charge in [0.25, 0.3) is 10.1 Å². The van der Waals surface area contributed by atoms with E-state index in [1.807, 2.05) is 0 Å². The predicted octanol–water partition coefficient (Wildman–Crippen LogP) is 1.07. The number of benzene rings is 1. The summed E-state index contributed by atoms with van der Waals surface area (Å²) >= 11 is 0. The van der Waals surface area contributed by atoms with Crippen LogP contribution in [0, 0.1) is 5.82 Å². The van der Waals surface area contributed by atoms with E-state index < -0.39 is 15.9 Å². The van der Waals surface area contributed by atoms with Crippen molar-refractivity contribution >= 4 is 10.1 Å². The Morgan fingerprint density at radius 2 is 1.58 bits per heavy atom. The normalized spacial score (nSPS) is 10.5. The Kier molecular flexibility index (Phi) is 4.09. The van der Waals surface area contributed by atoms with Gasteiger partial charge in [-0.15, -0.1) is 0 Å². The summed E-state index contributed by atoms with van der Waals surface area (Å²) < 4.78 is 41.4. The largest absolute Gasteiger partial charge is 0.294 e. The number of rotatable bonds is 1. The van der Waals surface area contributed by atoms with Crippen LogP contribution in [0.4, 0.5) is 4.39 Å². The van der Waals surface area contributed by atoms with Gasteiger partial charge in [0.15, 0.2) is 0 Å². The van der Waals surface area contributed by atoms with E-state index in [1.54, 1.807) is 0 Å². The summed E-state index contributed by atoms with van der Waals surface area (Å²) in [5, 5.41) is 0. The van der Waals surface area contributed by atoms with Crippen LogP contribution in [-0.4, -0.2) is 13.0 Å². The first-order valence-corrected chi connectivity index (χ1v) is 4.17. The second-order valence-corrected chi connectivity index (χ2v) is 3.35. The molecule has 0 aliphatic rings. The Balaban J connectivity index is 0.00000121. The third-order valence-electron chi connectivity index (χ3n) is 1.11. The molecule has 12 heavy (non-hydrogen) atoms. The molecule has 0 aromatic heterocycles. The van der Waals surface area contributed by atoms with E-state index in [2.05, 4.69) is 0 Å². The molecule has 3 nitrogen and oxygen atoms in total. The Morgan fingerprint density at radius 1 is 1.17 bits per heavy atom. The van der Waals surface area contributed by atoms with Crippen LogP contribution in [-0.2, 0) is 32.5 Å². The minimum atomic E-state index is -4.19. The van der Waals surface area contributed by atoms with E-state index in [1.165, 1.54) is 0 Å². The van der Waals surface area contributed by atoms with E-state index in [0.29, 0.717) is 0 Å². The summed E-state index contributed by atoms with van der Waals surface area (Å²) in [4.78, 5) is -0.307. The van der Waals surface area contributed by atoms with E-state index in [9.17, 15) is 12.8 Å². The van der Waals surface area contributed by atoms with Gasteiger partial charge in [0.05, 0.1) is 4.90 Å². The van der Waals surface area contributed by atoms with Crippen molar-refractivity contribution in [2.45, 2.75) is 4.90 Å². The molecule has 1 N–H and O–H groups in total. The quantitative estimate of drug-likeness (QED) is 0.620. The van der Waals surface area contributed by atoms with Gasteiger partial charge in [0.2, 0.25) is 0 Å². The van der Waals surface area contributed by atoms with Gasteiger partial charge in [0.1, 0.15) is 5.82 Å². The maximum atomic E-state index is 12.2. The molecule has 0 spiro atoms. The molecule has 0 amide bonds. The fourth-order valence-electron chi connectivity index (χ4n) is 0.607. The molecule has 1 rings (SSSR count). The molecule has 0 bridgehead atoms. The Labute approximate surface area is 84.9 Å². The third-order valence-corrected chi connectivity index (χ3v) is 1.98. The van der Waals surface area contributed by atoms with Gasteiger partial charge in [0, 0.05) is 22.4 Å². The summed E-state index contributed by atoms with van der Waals surface area (Å²) in [5.41, 5.74) is 0. The zero-order valence-electron chi connectivity index (χ0n) is 5.66. The van der Waals surface area contributed by atoms with Crippen LogP contribution >= 0.6 is 0 Å². The van der Waals surface area contributed by atoms with Crippen LogP contribution in [0.25, 0.3) is 0 Å². The molecule has 0 heterocycles. The van der Waals surface area contributed by atoms with Crippen molar-refractivity contribution in [2.24, 2.45) is 0 Å². The van der Waals surface area contributed by atoms with Gasteiger partial charge in [-0.1, -0.05) is 0 Å². The molecule has 0 atom stereocenters. The van der Waals surface area contributed by atoms with Crippen LogP contribution in [0.2, 0.25) is 0 Å². The standard InChI is InChI=1S/C6H5FO3S.Ag/c7-5-1-3-6(4-2-5)11(8,9)10;/h1-4H,(H,8,9,10);. The SMILES string of the molecule is O=S(=O)(O)c1ccc(F)cc1.[Ag]. The van der Waals surface area contributed by atoms with Crippen molar-refractivity contribution in [1.82, 2.24) is 0 Å². The van der Waals surface area contributed by atoms with Gasteiger partial charge in [-0.2, -0.15) is 8.42 Å². The van der Waals surface area contributed by atoms with Crippen molar-refractivity contribution < 1.29 is 39.7 Å². The Bertz CT molecular complexity index is 346. The molecule has 0 saturated heterocycles. The van der Waals surface area contributed by atoms with Gasteiger partial charge < -0.3 is 0 Å². The summed E-state index contributed by atoms with van der Waals surface area (Å²) in [7, 11) is -4.19. The molecule has 0 saturated carbocycles. The minimum Gasteiger partial charge on any atom is -0.282 e. The molecule has 1 aromatic rings. The van der Waals surface area contributed by atoms with Crippen LogP contribution in [0.3, 0.4) is 0 Å². The van der Waals surface area contributed by atoms with Crippen molar-refractivity contribution in [2.75, 3.05) is 0 Å². The van der Waals surface area contributed by atoms with E-state index in [-0.39, 0.29) is 27.3 Å². The minimum absolute atomic E-state index is 0. The summed E-state index contributed by atoms with van der Waals surface area (Å²) in [6.07, 6.45) is 0. The maximum absolute atomic E-state index is 12.2. The van der Waals surface area contributed by atoms with Crippen molar-refractivity contribution in [1.29, 1.82) is 0 Å². The fraction of sp³-hybridized carbons (Fsp3) is 0. The summed E-state index contributed by atoms with van der Waals surface area (Å²) in [6, 6.07) is 3.90. The first kappa shape index (κ1) is 11.8. The van der Waals surface area contributed by atoms with Crippen molar-refractivity contribution in [3.8, 4) is 0 Å². The van der Waals surface area contributed by atoms with Gasteiger partial charge >= 0.3 is 0 Å². The Morgan fingerprint density at radius 3 is 1.92 bits per heavy atom. The van der Waals surface area contributed by atoms with Crippen molar-refractivity contribution in [3.63, 3.8) is 0 Å². The molecule has 1 aromatic carbocycles. The molecule has 71 valence electrons. The maximum Gasteiger partial charge on any atom is 0.294 e. The van der Waals surface area contributed by atoms with E-state index in [4.69, 9.17) is 4.55 Å². The van der Waals surface area contributed by atoms with Gasteiger partial charge in [-0.05, 0) is 24.3 Å². The zero-order valence-corrected chi connectivity index (χ0v) is 7.96. The van der Waals surface area contributed by atoms with Crippen molar-refractivity contribution in [3.05, 3.63) is 30.1 Å². The van der Waals surface area contributed by atoms with Gasteiger partial charge in [-0.25, -0.2) is 4.39 Å². The van der Waals surface area contributed by atoms with Crippen LogP contribution < -0.4 is 0 Å². The molecule has 0 aliphatic carbocycles. The molecule has 0 unspecified atom stereocenters. The molecule has 1 radical (unpaired) electrons. The monoisotopic (exact) mass is 283 g/mol. The number of halogens is 1. The molecule has 0 fully saturated rings. The van der Waals surface area contributed by atoms with Crippen LogP contribution in [0.1, 0.15) is 0 Å². The van der Waals surface area contributed by atoms with Crippen LogP contribution in [0.5, 0.6) is 0 Å². The van der Waals surface area contributed by atoms with Crippen LogP contribution in [0.15, 0.2) is 29.2 Å². The molecular formula is C6H5AgFO3S. The summed E-state index contributed by atoms with van der Waals surface area (Å²) in [5.74, 6) is -0.544. The molecular weight excluding hydrogens is 279 g/mol.